The van der Waals surface area contributed by atoms with Crippen LogP contribution in [0.3, 0.4) is 0 Å². The topological polar surface area (TPSA) is 128 Å². The lowest BCUT2D eigenvalue weighted by atomic mass is 9.97. The second-order valence-corrected chi connectivity index (χ2v) is 9.86. The van der Waals surface area contributed by atoms with Crippen LogP contribution in [-0.4, -0.2) is 59.1 Å². The van der Waals surface area contributed by atoms with Crippen LogP contribution < -0.4 is 20.9 Å². The number of fused-ring (bicyclic) bond motifs is 1. The quantitative estimate of drug-likeness (QED) is 0.409. The first-order chi connectivity index (χ1) is 15.6. The maximum Gasteiger partial charge on any atom is 0.326 e. The lowest BCUT2D eigenvalue weighted by Crippen LogP contribution is -2.60. The Morgan fingerprint density at radius 2 is 1.79 bits per heavy atom. The molecule has 3 atom stereocenters. The van der Waals surface area contributed by atoms with Crippen LogP contribution in [0.4, 0.5) is 16.2 Å². The van der Waals surface area contributed by atoms with Gasteiger partial charge in [-0.15, -0.1) is 0 Å². The minimum Gasteiger partial charge on any atom is -0.480 e. The molecule has 4 amide bonds. The van der Waals surface area contributed by atoms with Crippen molar-refractivity contribution in [1.29, 1.82) is 0 Å². The largest absolute Gasteiger partial charge is 0.480 e. The SMILES string of the molecule is CSCC[C@H](NC(=O)[C@H](CC(C)C)NC(=O)N1c2ccccc2NC(=O)[C@H]1C(C)C)C(=O)O. The van der Waals surface area contributed by atoms with E-state index in [0.29, 0.717) is 23.5 Å². The van der Waals surface area contributed by atoms with Gasteiger partial charge in [-0.2, -0.15) is 11.8 Å². The van der Waals surface area contributed by atoms with E-state index in [1.807, 2.05) is 34.0 Å². The van der Waals surface area contributed by atoms with Crippen LogP contribution in [-0.2, 0) is 14.4 Å². The van der Waals surface area contributed by atoms with Crippen molar-refractivity contribution in [1.82, 2.24) is 10.6 Å². The fourth-order valence-corrected chi connectivity index (χ4v) is 4.26. The highest BCUT2D eigenvalue weighted by atomic mass is 32.2. The van der Waals surface area contributed by atoms with Crippen LogP contribution >= 0.6 is 11.8 Å². The third kappa shape index (κ3) is 6.86. The fraction of sp³-hybridized carbons (Fsp3) is 0.565. The second-order valence-electron chi connectivity index (χ2n) is 8.88. The number of carbonyl (C=O) groups excluding carboxylic acids is 3. The summed E-state index contributed by atoms with van der Waals surface area (Å²) in [6.07, 6.45) is 2.46. The van der Waals surface area contributed by atoms with Crippen molar-refractivity contribution in [2.75, 3.05) is 22.2 Å². The number of nitrogens with zero attached hydrogens (tertiary/aromatic N) is 1. The summed E-state index contributed by atoms with van der Waals surface area (Å²) in [5, 5.41) is 17.6. The molecule has 0 spiro atoms. The molecule has 2 rings (SSSR count). The van der Waals surface area contributed by atoms with Gasteiger partial charge in [0.05, 0.1) is 11.4 Å². The first-order valence-corrected chi connectivity index (χ1v) is 12.5. The number of rotatable bonds is 10. The molecule has 33 heavy (non-hydrogen) atoms. The van der Waals surface area contributed by atoms with Crippen molar-refractivity contribution in [3.63, 3.8) is 0 Å². The predicted octanol–water partition coefficient (Wildman–Crippen LogP) is 2.92. The Morgan fingerprint density at radius 1 is 1.12 bits per heavy atom. The predicted molar refractivity (Wildman–Crippen MR) is 131 cm³/mol. The van der Waals surface area contributed by atoms with Gasteiger partial charge in [-0.1, -0.05) is 39.8 Å². The average molecular weight is 479 g/mol. The van der Waals surface area contributed by atoms with Crippen molar-refractivity contribution in [3.8, 4) is 0 Å². The number of carbonyl (C=O) groups is 4. The number of hydrogen-bond acceptors (Lipinski definition) is 5. The number of aliphatic carboxylic acids is 1. The first-order valence-electron chi connectivity index (χ1n) is 11.1. The lowest BCUT2D eigenvalue weighted by molar-refractivity contribution is -0.142. The van der Waals surface area contributed by atoms with E-state index in [0.717, 1.165) is 0 Å². The number of carboxylic acid groups (broad SMARTS) is 1. The molecule has 0 unspecified atom stereocenters. The standard InChI is InChI=1S/C23H34N4O5S/c1-13(2)12-17(20(28)25-16(22(30)31)10-11-33-5)26-23(32)27-18-9-7-6-8-15(18)24-21(29)19(27)14(3)4/h6-9,13-14,16-17,19H,10-12H2,1-5H3,(H,24,29)(H,25,28)(H,26,32)(H,30,31)/t16-,17-,19+/m0/s1. The molecule has 10 heteroatoms. The molecule has 182 valence electrons. The number of thioether (sulfide) groups is 1. The summed E-state index contributed by atoms with van der Waals surface area (Å²) >= 11 is 1.49. The molecule has 1 aromatic carbocycles. The van der Waals surface area contributed by atoms with Crippen LogP contribution in [0.1, 0.15) is 40.5 Å². The second kappa shape index (κ2) is 11.9. The van der Waals surface area contributed by atoms with Crippen molar-refractivity contribution in [3.05, 3.63) is 24.3 Å². The van der Waals surface area contributed by atoms with Crippen molar-refractivity contribution in [2.45, 2.75) is 58.7 Å². The third-order valence-electron chi connectivity index (χ3n) is 5.37. The van der Waals surface area contributed by atoms with Crippen LogP contribution in [0.25, 0.3) is 0 Å². The van der Waals surface area contributed by atoms with E-state index < -0.39 is 36.0 Å². The number of hydrogen-bond donors (Lipinski definition) is 4. The van der Waals surface area contributed by atoms with Gasteiger partial charge in [0.1, 0.15) is 18.1 Å². The van der Waals surface area contributed by atoms with Gasteiger partial charge < -0.3 is 21.1 Å². The molecular weight excluding hydrogens is 444 g/mol. The van der Waals surface area contributed by atoms with E-state index in [2.05, 4.69) is 16.0 Å². The van der Waals surface area contributed by atoms with Crippen LogP contribution in [0, 0.1) is 11.8 Å². The Kier molecular flexibility index (Phi) is 9.57. The van der Waals surface area contributed by atoms with Gasteiger partial charge in [0.2, 0.25) is 11.8 Å². The Hall–Kier alpha value is -2.75. The van der Waals surface area contributed by atoms with Gasteiger partial charge >= 0.3 is 12.0 Å². The molecule has 0 fully saturated rings. The van der Waals surface area contributed by atoms with E-state index >= 15 is 0 Å². The van der Waals surface area contributed by atoms with Crippen molar-refractivity contribution >= 4 is 47.0 Å². The highest BCUT2D eigenvalue weighted by Gasteiger charge is 2.40. The Morgan fingerprint density at radius 3 is 2.36 bits per heavy atom. The molecule has 1 aromatic rings. The van der Waals surface area contributed by atoms with E-state index in [1.165, 1.54) is 16.7 Å². The normalized spacial score (nSPS) is 17.2. The fourth-order valence-electron chi connectivity index (χ4n) is 3.79. The summed E-state index contributed by atoms with van der Waals surface area (Å²) in [6.45, 7) is 7.52. The van der Waals surface area contributed by atoms with Gasteiger partial charge in [0.15, 0.2) is 0 Å². The molecule has 4 N–H and O–H groups in total. The maximum absolute atomic E-state index is 13.4. The van der Waals surface area contributed by atoms with Crippen molar-refractivity contribution < 1.29 is 24.3 Å². The number of carboxylic acids is 1. The summed E-state index contributed by atoms with van der Waals surface area (Å²) in [5.74, 6) is -1.51. The minimum absolute atomic E-state index is 0.0633. The molecule has 0 saturated carbocycles. The Labute approximate surface area is 199 Å². The Bertz CT molecular complexity index is 876. The molecule has 1 aliphatic heterocycles. The molecule has 1 aliphatic rings. The van der Waals surface area contributed by atoms with Crippen LogP contribution in [0.2, 0.25) is 0 Å². The van der Waals surface area contributed by atoms with Crippen LogP contribution in [0.15, 0.2) is 24.3 Å². The molecule has 0 radical (unpaired) electrons. The molecular formula is C23H34N4O5S. The lowest BCUT2D eigenvalue weighted by Gasteiger charge is -2.39. The van der Waals surface area contributed by atoms with E-state index in [1.54, 1.807) is 24.3 Å². The molecule has 0 bridgehead atoms. The number of nitrogens with one attached hydrogen (secondary N) is 3. The zero-order valence-electron chi connectivity index (χ0n) is 19.8. The van der Waals surface area contributed by atoms with Gasteiger partial charge in [-0.3, -0.25) is 14.5 Å². The summed E-state index contributed by atoms with van der Waals surface area (Å²) < 4.78 is 0. The number of benzene rings is 1. The molecule has 0 aromatic heterocycles. The Balaban J connectivity index is 2.30. The van der Waals surface area contributed by atoms with E-state index in [4.69, 9.17) is 0 Å². The summed E-state index contributed by atoms with van der Waals surface area (Å²) in [7, 11) is 0. The minimum atomic E-state index is -1.12. The maximum atomic E-state index is 13.4. The van der Waals surface area contributed by atoms with Crippen LogP contribution in [0.5, 0.6) is 0 Å². The summed E-state index contributed by atoms with van der Waals surface area (Å²) in [4.78, 5) is 52.2. The van der Waals surface area contributed by atoms with E-state index in [-0.39, 0.29) is 24.2 Å². The zero-order chi connectivity index (χ0) is 24.7. The van der Waals surface area contributed by atoms with Gasteiger partial charge in [-0.25, -0.2) is 9.59 Å². The molecule has 0 saturated heterocycles. The molecule has 9 nitrogen and oxygen atoms in total. The third-order valence-corrected chi connectivity index (χ3v) is 6.01. The molecule has 1 heterocycles. The first kappa shape index (κ1) is 26.5. The number of urea groups is 1. The highest BCUT2D eigenvalue weighted by Crippen LogP contribution is 2.34. The summed E-state index contributed by atoms with van der Waals surface area (Å²) in [5.41, 5.74) is 1.06. The van der Waals surface area contributed by atoms with Crippen molar-refractivity contribution in [2.24, 2.45) is 11.8 Å². The number of para-hydroxylation sites is 2. The van der Waals surface area contributed by atoms with Gasteiger partial charge in [0, 0.05) is 0 Å². The monoisotopic (exact) mass is 478 g/mol. The van der Waals surface area contributed by atoms with Gasteiger partial charge in [-0.05, 0) is 48.8 Å². The highest BCUT2D eigenvalue weighted by molar-refractivity contribution is 7.98. The molecule has 0 aliphatic carbocycles. The van der Waals surface area contributed by atoms with E-state index in [9.17, 15) is 24.3 Å². The number of anilines is 2. The zero-order valence-corrected chi connectivity index (χ0v) is 20.6. The summed E-state index contributed by atoms with van der Waals surface area (Å²) in [6, 6.07) is 3.68. The smallest absolute Gasteiger partial charge is 0.326 e. The van der Waals surface area contributed by atoms with Gasteiger partial charge in [0.25, 0.3) is 0 Å². The number of amides is 4. The average Bonchev–Trinajstić information content (AvgIpc) is 2.74.